The molecule has 8 heteroatoms. The highest BCUT2D eigenvalue weighted by molar-refractivity contribution is 5.54. The molecule has 0 spiro atoms. The van der Waals surface area contributed by atoms with Gasteiger partial charge >= 0.3 is 6.61 Å². The van der Waals surface area contributed by atoms with E-state index < -0.39 is 12.7 Å². The summed E-state index contributed by atoms with van der Waals surface area (Å²) < 4.78 is 38.6. The number of aromatic nitrogens is 2. The standard InChI is InChI=1S/C13H15F2N3O3/c1-2-19-7-10(16)11-17-12(21-18-11)8-3-5-9(6-4-8)20-13(14)15/h3-6,10,13H,2,7,16H2,1H3. The van der Waals surface area contributed by atoms with Gasteiger partial charge in [0.15, 0.2) is 5.82 Å². The molecule has 21 heavy (non-hydrogen) atoms. The molecule has 2 N–H and O–H groups in total. The second kappa shape index (κ2) is 7.09. The Labute approximate surface area is 119 Å². The van der Waals surface area contributed by atoms with E-state index in [1.807, 2.05) is 6.92 Å². The van der Waals surface area contributed by atoms with Crippen molar-refractivity contribution in [3.8, 4) is 17.2 Å². The monoisotopic (exact) mass is 299 g/mol. The van der Waals surface area contributed by atoms with Crippen LogP contribution in [-0.2, 0) is 4.74 Å². The van der Waals surface area contributed by atoms with Crippen LogP contribution in [0.15, 0.2) is 28.8 Å². The zero-order chi connectivity index (χ0) is 15.2. The largest absolute Gasteiger partial charge is 0.435 e. The fraction of sp³-hybridized carbons (Fsp3) is 0.385. The summed E-state index contributed by atoms with van der Waals surface area (Å²) in [6.45, 7) is -0.166. The van der Waals surface area contributed by atoms with E-state index in [-0.39, 0.29) is 18.2 Å². The fourth-order valence-corrected chi connectivity index (χ4v) is 1.60. The predicted octanol–water partition coefficient (Wildman–Crippen LogP) is 2.37. The van der Waals surface area contributed by atoms with Gasteiger partial charge < -0.3 is 19.7 Å². The highest BCUT2D eigenvalue weighted by atomic mass is 19.3. The first-order chi connectivity index (χ1) is 10.1. The Morgan fingerprint density at radius 1 is 1.29 bits per heavy atom. The summed E-state index contributed by atoms with van der Waals surface area (Å²) in [6.07, 6.45) is 0. The van der Waals surface area contributed by atoms with Crippen LogP contribution >= 0.6 is 0 Å². The predicted molar refractivity (Wildman–Crippen MR) is 69.8 cm³/mol. The zero-order valence-corrected chi connectivity index (χ0v) is 11.3. The summed E-state index contributed by atoms with van der Waals surface area (Å²) >= 11 is 0. The molecular formula is C13H15F2N3O3. The SMILES string of the molecule is CCOCC(N)c1noc(-c2ccc(OC(F)F)cc2)n1. The van der Waals surface area contributed by atoms with E-state index >= 15 is 0 Å². The molecule has 1 aromatic heterocycles. The van der Waals surface area contributed by atoms with Crippen LogP contribution in [0.2, 0.25) is 0 Å². The first kappa shape index (κ1) is 15.3. The minimum atomic E-state index is -2.86. The third kappa shape index (κ3) is 4.20. The van der Waals surface area contributed by atoms with Crippen LogP contribution in [0.4, 0.5) is 8.78 Å². The molecule has 1 atom stereocenters. The lowest BCUT2D eigenvalue weighted by Crippen LogP contribution is -2.18. The van der Waals surface area contributed by atoms with Crippen molar-refractivity contribution >= 4 is 0 Å². The minimum Gasteiger partial charge on any atom is -0.435 e. The Hall–Kier alpha value is -2.06. The number of nitrogens with zero attached hydrogens (tertiary/aromatic N) is 2. The Bertz CT molecular complexity index is 560. The van der Waals surface area contributed by atoms with E-state index in [9.17, 15) is 8.78 Å². The quantitative estimate of drug-likeness (QED) is 0.845. The molecule has 0 bridgehead atoms. The van der Waals surface area contributed by atoms with Crippen molar-refractivity contribution in [2.45, 2.75) is 19.6 Å². The van der Waals surface area contributed by atoms with Crippen LogP contribution < -0.4 is 10.5 Å². The van der Waals surface area contributed by atoms with Crippen molar-refractivity contribution in [1.82, 2.24) is 10.1 Å². The molecule has 0 aliphatic rings. The lowest BCUT2D eigenvalue weighted by Gasteiger charge is -2.05. The summed E-state index contributed by atoms with van der Waals surface area (Å²) in [6, 6.07) is 5.40. The second-order valence-electron chi connectivity index (χ2n) is 4.13. The van der Waals surface area contributed by atoms with Gasteiger partial charge in [-0.2, -0.15) is 13.8 Å². The molecule has 0 aliphatic carbocycles. The summed E-state index contributed by atoms with van der Waals surface area (Å²) in [5.41, 5.74) is 6.42. The van der Waals surface area contributed by atoms with E-state index in [0.29, 0.717) is 18.0 Å². The maximum Gasteiger partial charge on any atom is 0.387 e. The fourth-order valence-electron chi connectivity index (χ4n) is 1.60. The maximum atomic E-state index is 12.0. The van der Waals surface area contributed by atoms with Crippen LogP contribution in [0.25, 0.3) is 11.5 Å². The molecule has 0 aliphatic heterocycles. The van der Waals surface area contributed by atoms with Crippen LogP contribution in [0.5, 0.6) is 5.75 Å². The van der Waals surface area contributed by atoms with Crippen molar-refractivity contribution in [1.29, 1.82) is 0 Å². The molecule has 0 fully saturated rings. The molecule has 2 rings (SSSR count). The van der Waals surface area contributed by atoms with Gasteiger partial charge in [-0.15, -0.1) is 0 Å². The molecule has 1 heterocycles. The number of rotatable bonds is 7. The summed E-state index contributed by atoms with van der Waals surface area (Å²) in [5.74, 6) is 0.633. The zero-order valence-electron chi connectivity index (χ0n) is 11.3. The Morgan fingerprint density at radius 2 is 2.00 bits per heavy atom. The molecule has 114 valence electrons. The van der Waals surface area contributed by atoms with Crippen molar-refractivity contribution in [3.63, 3.8) is 0 Å². The number of hydrogen-bond donors (Lipinski definition) is 1. The van der Waals surface area contributed by atoms with Gasteiger partial charge in [0.05, 0.1) is 12.6 Å². The average molecular weight is 299 g/mol. The van der Waals surface area contributed by atoms with Crippen molar-refractivity contribution in [2.24, 2.45) is 5.73 Å². The van der Waals surface area contributed by atoms with Crippen molar-refractivity contribution < 1.29 is 22.8 Å². The third-order valence-electron chi connectivity index (χ3n) is 2.60. The van der Waals surface area contributed by atoms with Gasteiger partial charge in [0, 0.05) is 12.2 Å². The molecular weight excluding hydrogens is 284 g/mol. The number of ether oxygens (including phenoxy) is 2. The highest BCUT2D eigenvalue weighted by Crippen LogP contribution is 2.22. The Kier molecular flexibility index (Phi) is 5.18. The Balaban J connectivity index is 2.06. The normalized spacial score (nSPS) is 12.6. The topological polar surface area (TPSA) is 83.4 Å². The highest BCUT2D eigenvalue weighted by Gasteiger charge is 2.15. The molecule has 0 amide bonds. The summed E-state index contributed by atoms with van der Waals surface area (Å²) in [7, 11) is 0. The molecule has 0 saturated heterocycles. The smallest absolute Gasteiger partial charge is 0.387 e. The van der Waals surface area contributed by atoms with Crippen LogP contribution in [0.1, 0.15) is 18.8 Å². The maximum absolute atomic E-state index is 12.0. The number of halogens is 2. The van der Waals surface area contributed by atoms with Gasteiger partial charge in [0.2, 0.25) is 0 Å². The average Bonchev–Trinajstić information content (AvgIpc) is 2.95. The summed E-state index contributed by atoms with van der Waals surface area (Å²) in [5, 5.41) is 3.77. The van der Waals surface area contributed by atoms with Crippen LogP contribution in [0, 0.1) is 0 Å². The summed E-state index contributed by atoms with van der Waals surface area (Å²) in [4.78, 5) is 4.15. The first-order valence-electron chi connectivity index (χ1n) is 6.32. The van der Waals surface area contributed by atoms with E-state index in [1.165, 1.54) is 12.1 Å². The second-order valence-corrected chi connectivity index (χ2v) is 4.13. The van der Waals surface area contributed by atoms with Gasteiger partial charge in [-0.25, -0.2) is 0 Å². The molecule has 6 nitrogen and oxygen atoms in total. The number of hydrogen-bond acceptors (Lipinski definition) is 6. The van der Waals surface area contributed by atoms with Crippen molar-refractivity contribution in [3.05, 3.63) is 30.1 Å². The minimum absolute atomic E-state index is 0.0570. The number of nitrogens with two attached hydrogens (primary N) is 1. The third-order valence-corrected chi connectivity index (χ3v) is 2.60. The molecule has 1 unspecified atom stereocenters. The molecule has 1 aromatic carbocycles. The lowest BCUT2D eigenvalue weighted by atomic mass is 10.2. The number of alkyl halides is 2. The first-order valence-corrected chi connectivity index (χ1v) is 6.32. The molecule has 2 aromatic rings. The van der Waals surface area contributed by atoms with E-state index in [4.69, 9.17) is 15.0 Å². The van der Waals surface area contributed by atoms with E-state index in [1.54, 1.807) is 12.1 Å². The van der Waals surface area contributed by atoms with Gasteiger partial charge in [0.25, 0.3) is 5.89 Å². The molecule has 0 radical (unpaired) electrons. The van der Waals surface area contributed by atoms with E-state index in [0.717, 1.165) is 0 Å². The van der Waals surface area contributed by atoms with E-state index in [2.05, 4.69) is 14.9 Å². The van der Waals surface area contributed by atoms with Gasteiger partial charge in [0.1, 0.15) is 5.75 Å². The Morgan fingerprint density at radius 3 is 2.62 bits per heavy atom. The van der Waals surface area contributed by atoms with Crippen LogP contribution in [0.3, 0.4) is 0 Å². The van der Waals surface area contributed by atoms with Gasteiger partial charge in [-0.05, 0) is 31.2 Å². The lowest BCUT2D eigenvalue weighted by molar-refractivity contribution is -0.0498. The van der Waals surface area contributed by atoms with Crippen LogP contribution in [-0.4, -0.2) is 30.0 Å². The molecule has 0 saturated carbocycles. The van der Waals surface area contributed by atoms with Gasteiger partial charge in [-0.3, -0.25) is 0 Å². The van der Waals surface area contributed by atoms with Crippen molar-refractivity contribution in [2.75, 3.05) is 13.2 Å². The van der Waals surface area contributed by atoms with Gasteiger partial charge in [-0.1, -0.05) is 5.16 Å². The number of benzene rings is 1.